The Labute approximate surface area is 106 Å². The molecule has 0 fully saturated rings. The lowest BCUT2D eigenvalue weighted by atomic mass is 10.3. The van der Waals surface area contributed by atoms with Gasteiger partial charge in [-0.25, -0.2) is 14.6 Å². The van der Waals surface area contributed by atoms with E-state index in [2.05, 4.69) is 20.9 Å². The smallest absolute Gasteiger partial charge is 0.276 e. The minimum Gasteiger partial charge on any atom is -0.320 e. The fourth-order valence-electron chi connectivity index (χ4n) is 1.30. The predicted molar refractivity (Wildman–Crippen MR) is 64.2 cm³/mol. The molecule has 4 N–H and O–H groups in total. The van der Waals surface area contributed by atoms with Gasteiger partial charge >= 0.3 is 0 Å². The molecule has 2 rings (SSSR count). The highest BCUT2D eigenvalue weighted by Gasteiger charge is 2.10. The van der Waals surface area contributed by atoms with Gasteiger partial charge in [-0.05, 0) is 24.3 Å². The van der Waals surface area contributed by atoms with Crippen molar-refractivity contribution in [3.63, 3.8) is 0 Å². The highest BCUT2D eigenvalue weighted by molar-refractivity contribution is 6.02. The number of nitrogens with zero attached hydrogens (tertiary/aromatic N) is 2. The maximum absolute atomic E-state index is 13.0. The maximum Gasteiger partial charge on any atom is 0.276 e. The van der Waals surface area contributed by atoms with E-state index in [4.69, 9.17) is 5.84 Å². The first-order valence-electron chi connectivity index (χ1n) is 5.17. The van der Waals surface area contributed by atoms with Gasteiger partial charge in [-0.3, -0.25) is 4.79 Å². The Bertz CT molecular complexity index is 603. The van der Waals surface area contributed by atoms with E-state index in [0.29, 0.717) is 5.82 Å². The Kier molecular flexibility index (Phi) is 3.62. The van der Waals surface area contributed by atoms with Gasteiger partial charge in [-0.1, -0.05) is 0 Å². The summed E-state index contributed by atoms with van der Waals surface area (Å²) in [5, 5.41) is 9.59. The van der Waals surface area contributed by atoms with E-state index in [1.54, 1.807) is 0 Å². The molecule has 8 heteroatoms. The minimum absolute atomic E-state index is 0.0173. The summed E-state index contributed by atoms with van der Waals surface area (Å²) >= 11 is 0. The van der Waals surface area contributed by atoms with Crippen molar-refractivity contribution in [3.8, 4) is 0 Å². The van der Waals surface area contributed by atoms with Crippen LogP contribution in [0.15, 0.2) is 30.3 Å². The van der Waals surface area contributed by atoms with Gasteiger partial charge < -0.3 is 10.7 Å². The van der Waals surface area contributed by atoms with Crippen LogP contribution in [0.5, 0.6) is 0 Å². The zero-order chi connectivity index (χ0) is 13.8. The van der Waals surface area contributed by atoms with Crippen molar-refractivity contribution in [2.75, 3.05) is 10.7 Å². The molecule has 98 valence electrons. The highest BCUT2D eigenvalue weighted by Crippen LogP contribution is 2.14. The lowest BCUT2D eigenvalue weighted by Crippen LogP contribution is -2.16. The molecule has 1 aromatic carbocycles. The predicted octanol–water partition coefficient (Wildman–Crippen LogP) is 1.29. The maximum atomic E-state index is 13.0. The second kappa shape index (κ2) is 5.36. The van der Waals surface area contributed by atoms with E-state index in [0.717, 1.165) is 12.1 Å². The molecule has 19 heavy (non-hydrogen) atoms. The molecule has 0 saturated heterocycles. The lowest BCUT2D eigenvalue weighted by molar-refractivity contribution is 0.102. The molecule has 1 heterocycles. The molecular weight excluding hydrogens is 256 g/mol. The molecule has 1 aromatic heterocycles. The molecule has 0 aliphatic heterocycles. The van der Waals surface area contributed by atoms with Crippen molar-refractivity contribution >= 4 is 17.4 Å². The number of amides is 1. The third-order valence-electron chi connectivity index (χ3n) is 2.22. The number of hydrogen-bond acceptors (Lipinski definition) is 5. The Morgan fingerprint density at radius 2 is 1.89 bits per heavy atom. The van der Waals surface area contributed by atoms with E-state index in [9.17, 15) is 13.6 Å². The summed E-state index contributed by atoms with van der Waals surface area (Å²) < 4.78 is 25.7. The van der Waals surface area contributed by atoms with Crippen LogP contribution in [0.2, 0.25) is 0 Å². The van der Waals surface area contributed by atoms with Crippen LogP contribution in [0.1, 0.15) is 10.5 Å². The Hall–Kier alpha value is -2.61. The number of benzene rings is 1. The van der Waals surface area contributed by atoms with Crippen LogP contribution in [0, 0.1) is 11.6 Å². The van der Waals surface area contributed by atoms with Crippen LogP contribution in [-0.4, -0.2) is 16.1 Å². The van der Waals surface area contributed by atoms with Gasteiger partial charge in [0.1, 0.15) is 0 Å². The summed E-state index contributed by atoms with van der Waals surface area (Å²) in [6.45, 7) is 0. The summed E-state index contributed by atoms with van der Waals surface area (Å²) in [6.07, 6.45) is 0. The minimum atomic E-state index is -1.05. The van der Waals surface area contributed by atoms with Crippen LogP contribution in [0.3, 0.4) is 0 Å². The monoisotopic (exact) mass is 265 g/mol. The normalized spacial score (nSPS) is 10.1. The number of nitrogens with two attached hydrogens (primary N) is 1. The van der Waals surface area contributed by atoms with Crippen molar-refractivity contribution in [1.82, 2.24) is 10.2 Å². The molecule has 0 bridgehead atoms. The third kappa shape index (κ3) is 2.99. The largest absolute Gasteiger partial charge is 0.320 e. The van der Waals surface area contributed by atoms with Crippen molar-refractivity contribution in [1.29, 1.82) is 0 Å². The van der Waals surface area contributed by atoms with Gasteiger partial charge in [0.25, 0.3) is 5.91 Å². The second-order valence-electron chi connectivity index (χ2n) is 3.53. The van der Waals surface area contributed by atoms with Gasteiger partial charge in [0.05, 0.1) is 0 Å². The van der Waals surface area contributed by atoms with Crippen molar-refractivity contribution in [3.05, 3.63) is 47.7 Å². The SMILES string of the molecule is NNc1ccc(C(=O)Nc2ccc(F)c(F)c2)nn1. The topological polar surface area (TPSA) is 92.9 Å². The molecule has 6 nitrogen and oxygen atoms in total. The van der Waals surface area contributed by atoms with Gasteiger partial charge in [0, 0.05) is 11.8 Å². The molecule has 2 aromatic rings. The number of anilines is 2. The van der Waals surface area contributed by atoms with E-state index in [1.807, 2.05) is 0 Å². The molecule has 0 aliphatic carbocycles. The number of rotatable bonds is 3. The molecule has 0 aliphatic rings. The zero-order valence-electron chi connectivity index (χ0n) is 9.52. The first kappa shape index (κ1) is 12.8. The molecule has 0 spiro atoms. The quantitative estimate of drug-likeness (QED) is 0.574. The molecular formula is C11H9F2N5O. The third-order valence-corrected chi connectivity index (χ3v) is 2.22. The summed E-state index contributed by atoms with van der Waals surface area (Å²) in [5.41, 5.74) is 2.39. The Morgan fingerprint density at radius 1 is 1.11 bits per heavy atom. The number of carbonyl (C=O) groups is 1. The van der Waals surface area contributed by atoms with E-state index in [-0.39, 0.29) is 11.4 Å². The highest BCUT2D eigenvalue weighted by atomic mass is 19.2. The number of nitrogens with one attached hydrogen (secondary N) is 2. The van der Waals surface area contributed by atoms with E-state index in [1.165, 1.54) is 18.2 Å². The number of aromatic nitrogens is 2. The van der Waals surface area contributed by atoms with Gasteiger partial charge in [-0.2, -0.15) is 0 Å². The van der Waals surface area contributed by atoms with E-state index >= 15 is 0 Å². The van der Waals surface area contributed by atoms with Crippen LogP contribution >= 0.6 is 0 Å². The van der Waals surface area contributed by atoms with E-state index < -0.39 is 17.5 Å². The molecule has 1 amide bonds. The van der Waals surface area contributed by atoms with Crippen LogP contribution in [-0.2, 0) is 0 Å². The number of hydrazine groups is 1. The van der Waals surface area contributed by atoms with Crippen LogP contribution in [0.25, 0.3) is 0 Å². The average Bonchev–Trinajstić information content (AvgIpc) is 2.43. The molecule has 0 unspecified atom stereocenters. The number of halogens is 2. The van der Waals surface area contributed by atoms with Gasteiger partial charge in [0.15, 0.2) is 23.1 Å². The molecule has 0 radical (unpaired) electrons. The van der Waals surface area contributed by atoms with Crippen LogP contribution in [0.4, 0.5) is 20.3 Å². The summed E-state index contributed by atoms with van der Waals surface area (Å²) in [5.74, 6) is 2.76. The first-order valence-corrected chi connectivity index (χ1v) is 5.17. The Balaban J connectivity index is 2.13. The van der Waals surface area contributed by atoms with Crippen molar-refractivity contribution in [2.24, 2.45) is 5.84 Å². The summed E-state index contributed by atoms with van der Waals surface area (Å²) in [4.78, 5) is 11.7. The van der Waals surface area contributed by atoms with Crippen molar-refractivity contribution < 1.29 is 13.6 Å². The Morgan fingerprint density at radius 3 is 2.47 bits per heavy atom. The van der Waals surface area contributed by atoms with Gasteiger partial charge in [-0.15, -0.1) is 10.2 Å². The average molecular weight is 265 g/mol. The fourth-order valence-corrected chi connectivity index (χ4v) is 1.30. The second-order valence-corrected chi connectivity index (χ2v) is 3.53. The number of hydrogen-bond donors (Lipinski definition) is 3. The first-order chi connectivity index (χ1) is 9.10. The van der Waals surface area contributed by atoms with Crippen molar-refractivity contribution in [2.45, 2.75) is 0 Å². The van der Waals surface area contributed by atoms with Crippen LogP contribution < -0.4 is 16.6 Å². The molecule has 0 saturated carbocycles. The number of carbonyl (C=O) groups excluding carboxylic acids is 1. The zero-order valence-corrected chi connectivity index (χ0v) is 9.52. The lowest BCUT2D eigenvalue weighted by Gasteiger charge is -2.05. The fraction of sp³-hybridized carbons (Fsp3) is 0. The summed E-state index contributed by atoms with van der Waals surface area (Å²) in [6, 6.07) is 5.86. The standard InChI is InChI=1S/C11H9F2N5O/c12-7-2-1-6(5-8(7)13)15-11(19)9-3-4-10(16-14)18-17-9/h1-5H,14H2,(H,15,19)(H,16,18). The number of nitrogen functional groups attached to an aromatic ring is 1. The molecule has 0 atom stereocenters. The summed E-state index contributed by atoms with van der Waals surface area (Å²) in [7, 11) is 0. The van der Waals surface area contributed by atoms with Gasteiger partial charge in [0.2, 0.25) is 0 Å².